The van der Waals surface area contributed by atoms with Gasteiger partial charge in [-0.15, -0.1) is 0 Å². The molecule has 0 atom stereocenters. The minimum absolute atomic E-state index is 0.00856. The average Bonchev–Trinajstić information content (AvgIpc) is 2.26. The van der Waals surface area contributed by atoms with Gasteiger partial charge in [0, 0.05) is 5.56 Å². The monoisotopic (exact) mass is 244 g/mol. The topological polar surface area (TPSA) is 58.5 Å². The van der Waals surface area contributed by atoms with E-state index in [1.165, 1.54) is 30.3 Å². The van der Waals surface area contributed by atoms with Crippen LogP contribution in [0.1, 0.15) is 10.4 Å². The van der Waals surface area contributed by atoms with Crippen molar-refractivity contribution in [2.75, 3.05) is 6.54 Å². The van der Waals surface area contributed by atoms with E-state index >= 15 is 0 Å². The lowest BCUT2D eigenvalue weighted by molar-refractivity contribution is -0.123. The minimum atomic E-state index is -4.46. The quantitative estimate of drug-likeness (QED) is 0.652. The van der Waals surface area contributed by atoms with E-state index < -0.39 is 18.6 Å². The fourth-order valence-electron chi connectivity index (χ4n) is 1.05. The summed E-state index contributed by atoms with van der Waals surface area (Å²) in [7, 11) is 0. The van der Waals surface area contributed by atoms with Gasteiger partial charge in [0.05, 0.1) is 5.69 Å². The predicted molar refractivity (Wildman–Crippen MR) is 52.6 cm³/mol. The zero-order valence-electron chi connectivity index (χ0n) is 8.41. The van der Waals surface area contributed by atoms with Crippen molar-refractivity contribution in [3.63, 3.8) is 0 Å². The first-order valence-electron chi connectivity index (χ1n) is 4.45. The number of nitrogens with zero attached hydrogens (tertiary/aromatic N) is 1. The zero-order chi connectivity index (χ0) is 12.9. The van der Waals surface area contributed by atoms with Crippen molar-refractivity contribution in [1.82, 2.24) is 5.32 Å². The van der Waals surface area contributed by atoms with E-state index in [9.17, 15) is 22.8 Å². The number of carbonyl (C=O) groups is 1. The van der Waals surface area contributed by atoms with Crippen molar-refractivity contribution >= 4 is 17.7 Å². The summed E-state index contributed by atoms with van der Waals surface area (Å²) in [5, 5.41) is 1.70. The van der Waals surface area contributed by atoms with Gasteiger partial charge < -0.3 is 5.32 Å². The van der Waals surface area contributed by atoms with Crippen molar-refractivity contribution in [1.29, 1.82) is 0 Å². The van der Waals surface area contributed by atoms with Crippen LogP contribution < -0.4 is 5.32 Å². The van der Waals surface area contributed by atoms with Crippen molar-refractivity contribution < 1.29 is 22.8 Å². The summed E-state index contributed by atoms with van der Waals surface area (Å²) in [6.07, 6.45) is -3.19. The van der Waals surface area contributed by atoms with Gasteiger partial charge in [0.2, 0.25) is 6.08 Å². The number of nitrogens with one attached hydrogen (secondary N) is 1. The van der Waals surface area contributed by atoms with Gasteiger partial charge in [0.15, 0.2) is 0 Å². The van der Waals surface area contributed by atoms with E-state index in [4.69, 9.17) is 0 Å². The van der Waals surface area contributed by atoms with Gasteiger partial charge in [-0.05, 0) is 18.2 Å². The number of hydrogen-bond donors (Lipinski definition) is 1. The maximum absolute atomic E-state index is 11.8. The molecule has 0 fully saturated rings. The predicted octanol–water partition coefficient (Wildman–Crippen LogP) is 1.95. The number of halogens is 3. The van der Waals surface area contributed by atoms with E-state index in [0.29, 0.717) is 0 Å². The highest BCUT2D eigenvalue weighted by atomic mass is 19.4. The van der Waals surface area contributed by atoms with Gasteiger partial charge in [-0.2, -0.15) is 18.2 Å². The molecule has 0 bridgehead atoms. The Hall–Kier alpha value is -2.14. The van der Waals surface area contributed by atoms with Crippen LogP contribution in [-0.2, 0) is 4.79 Å². The third kappa shape index (κ3) is 4.48. The summed E-state index contributed by atoms with van der Waals surface area (Å²) in [6, 6.07) is 5.33. The highest BCUT2D eigenvalue weighted by Crippen LogP contribution is 2.15. The Balaban J connectivity index is 2.75. The van der Waals surface area contributed by atoms with E-state index in [1.54, 1.807) is 5.32 Å². The molecule has 1 rings (SSSR count). The fourth-order valence-corrected chi connectivity index (χ4v) is 1.05. The Morgan fingerprint density at radius 1 is 1.41 bits per heavy atom. The summed E-state index contributed by atoms with van der Waals surface area (Å²) < 4.78 is 35.5. The van der Waals surface area contributed by atoms with Crippen LogP contribution in [-0.4, -0.2) is 24.7 Å². The Bertz CT molecular complexity index is 465. The molecule has 0 radical (unpaired) electrons. The van der Waals surface area contributed by atoms with Crippen LogP contribution >= 0.6 is 0 Å². The molecule has 1 aromatic carbocycles. The van der Waals surface area contributed by atoms with Crippen molar-refractivity contribution in [3.05, 3.63) is 29.8 Å². The highest BCUT2D eigenvalue weighted by molar-refractivity contribution is 5.95. The number of isocyanates is 1. The molecule has 0 aromatic heterocycles. The molecule has 0 aliphatic rings. The molecule has 0 aliphatic heterocycles. The van der Waals surface area contributed by atoms with Crippen LogP contribution in [0.3, 0.4) is 0 Å². The van der Waals surface area contributed by atoms with Gasteiger partial charge in [-0.1, -0.05) is 6.07 Å². The van der Waals surface area contributed by atoms with Crippen LogP contribution in [0.15, 0.2) is 29.3 Å². The molecule has 0 aliphatic carbocycles. The third-order valence-corrected chi connectivity index (χ3v) is 1.73. The first kappa shape index (κ1) is 12.9. The van der Waals surface area contributed by atoms with Crippen molar-refractivity contribution in [2.24, 2.45) is 4.99 Å². The Kier molecular flexibility index (Phi) is 4.01. The molecule has 1 N–H and O–H groups in total. The molecule has 0 unspecified atom stereocenters. The van der Waals surface area contributed by atoms with E-state index in [1.807, 2.05) is 0 Å². The number of benzene rings is 1. The Morgan fingerprint density at radius 2 is 2.12 bits per heavy atom. The minimum Gasteiger partial charge on any atom is -0.343 e. The lowest BCUT2D eigenvalue weighted by Crippen LogP contribution is -2.33. The first-order chi connectivity index (χ1) is 7.92. The van der Waals surface area contributed by atoms with Crippen LogP contribution in [0.25, 0.3) is 0 Å². The maximum Gasteiger partial charge on any atom is 0.405 e. The molecule has 90 valence electrons. The standard InChI is InChI=1S/C10H7F3N2O2/c11-10(12,13)5-14-9(17)7-2-1-3-8(4-7)15-6-16/h1-4H,5H2,(H,14,17). The first-order valence-corrected chi connectivity index (χ1v) is 4.45. The summed E-state index contributed by atoms with van der Waals surface area (Å²) in [4.78, 5) is 24.5. The second-order valence-electron chi connectivity index (χ2n) is 3.05. The van der Waals surface area contributed by atoms with E-state index in [0.717, 1.165) is 0 Å². The summed E-state index contributed by atoms with van der Waals surface area (Å²) in [5.74, 6) is -0.884. The average molecular weight is 244 g/mol. The summed E-state index contributed by atoms with van der Waals surface area (Å²) in [5.41, 5.74) is 0.144. The van der Waals surface area contributed by atoms with Gasteiger partial charge in [-0.3, -0.25) is 4.79 Å². The van der Waals surface area contributed by atoms with Crippen LogP contribution in [0, 0.1) is 0 Å². The SMILES string of the molecule is O=C=Nc1cccc(C(=O)NCC(F)(F)F)c1. The van der Waals surface area contributed by atoms with Gasteiger partial charge >= 0.3 is 6.18 Å². The largest absolute Gasteiger partial charge is 0.405 e. The molecule has 0 spiro atoms. The van der Waals surface area contributed by atoms with E-state index in [-0.39, 0.29) is 11.3 Å². The van der Waals surface area contributed by atoms with Gasteiger partial charge in [0.25, 0.3) is 5.91 Å². The number of amides is 1. The molecule has 0 saturated carbocycles. The van der Waals surface area contributed by atoms with E-state index in [2.05, 4.69) is 4.99 Å². The van der Waals surface area contributed by atoms with Gasteiger partial charge in [-0.25, -0.2) is 4.79 Å². The normalized spacial score (nSPS) is 10.5. The molecule has 7 heteroatoms. The van der Waals surface area contributed by atoms with Gasteiger partial charge in [0.1, 0.15) is 6.54 Å². The smallest absolute Gasteiger partial charge is 0.343 e. The second kappa shape index (κ2) is 5.27. The van der Waals surface area contributed by atoms with Crippen LogP contribution in [0.5, 0.6) is 0 Å². The number of hydrogen-bond acceptors (Lipinski definition) is 3. The zero-order valence-corrected chi connectivity index (χ0v) is 8.41. The summed E-state index contributed by atoms with van der Waals surface area (Å²) >= 11 is 0. The lowest BCUT2D eigenvalue weighted by Gasteiger charge is -2.08. The number of alkyl halides is 3. The number of carbonyl (C=O) groups excluding carboxylic acids is 2. The maximum atomic E-state index is 11.8. The molecule has 1 amide bonds. The lowest BCUT2D eigenvalue weighted by atomic mass is 10.2. The number of rotatable bonds is 3. The molecule has 0 saturated heterocycles. The summed E-state index contributed by atoms with van der Waals surface area (Å²) in [6.45, 7) is -1.41. The number of aliphatic imine (C=N–C) groups is 1. The second-order valence-corrected chi connectivity index (χ2v) is 3.05. The molecule has 0 heterocycles. The van der Waals surface area contributed by atoms with Crippen molar-refractivity contribution in [2.45, 2.75) is 6.18 Å². The van der Waals surface area contributed by atoms with Crippen molar-refractivity contribution in [3.8, 4) is 0 Å². The molecular formula is C10H7F3N2O2. The van der Waals surface area contributed by atoms with Crippen LogP contribution in [0.2, 0.25) is 0 Å². The molecular weight excluding hydrogens is 237 g/mol. The Labute approximate surface area is 94.2 Å². The molecule has 4 nitrogen and oxygen atoms in total. The fraction of sp³-hybridized carbons (Fsp3) is 0.200. The van der Waals surface area contributed by atoms with Crippen LogP contribution in [0.4, 0.5) is 18.9 Å². The highest BCUT2D eigenvalue weighted by Gasteiger charge is 2.27. The third-order valence-electron chi connectivity index (χ3n) is 1.73. The molecule has 1 aromatic rings. The molecule has 17 heavy (non-hydrogen) atoms. The Morgan fingerprint density at radius 3 is 2.71 bits per heavy atom.